The first-order valence-corrected chi connectivity index (χ1v) is 7.39. The number of anilines is 2. The molecule has 0 aliphatic heterocycles. The number of methoxy groups -OCH3 is 1. The summed E-state index contributed by atoms with van der Waals surface area (Å²) in [5, 5.41) is 2.66. The van der Waals surface area contributed by atoms with Crippen LogP contribution in [0.25, 0.3) is 0 Å². The molecule has 0 saturated carbocycles. The number of carbonyl (C=O) groups is 2. The summed E-state index contributed by atoms with van der Waals surface area (Å²) in [6.07, 6.45) is -0.494. The number of ether oxygens (including phenoxy) is 1. The fourth-order valence-electron chi connectivity index (χ4n) is 1.90. The number of benzene rings is 2. The minimum absolute atomic E-state index is 0.202. The van der Waals surface area contributed by atoms with Crippen LogP contribution in [-0.4, -0.2) is 26.2 Å². The van der Waals surface area contributed by atoms with Crippen molar-refractivity contribution in [2.75, 3.05) is 24.4 Å². The van der Waals surface area contributed by atoms with Crippen LogP contribution in [-0.2, 0) is 4.74 Å². The predicted molar refractivity (Wildman–Crippen MR) is 89.3 cm³/mol. The third kappa shape index (κ3) is 4.29. The Morgan fingerprint density at radius 2 is 1.83 bits per heavy atom. The third-order valence-corrected chi connectivity index (χ3v) is 3.54. The summed E-state index contributed by atoms with van der Waals surface area (Å²) in [5.74, 6) is -0.932. The molecule has 120 valence electrons. The first-order valence-electron chi connectivity index (χ1n) is 6.60. The maximum atomic E-state index is 13.3. The van der Waals surface area contributed by atoms with E-state index in [1.807, 2.05) is 0 Å². The number of halogens is 2. The van der Waals surface area contributed by atoms with E-state index in [9.17, 15) is 14.0 Å². The molecule has 7 heteroatoms. The van der Waals surface area contributed by atoms with Crippen LogP contribution in [0.4, 0.5) is 20.6 Å². The highest BCUT2D eigenvalue weighted by Crippen LogP contribution is 2.19. The lowest BCUT2D eigenvalue weighted by atomic mass is 10.2. The van der Waals surface area contributed by atoms with Crippen molar-refractivity contribution in [3.8, 4) is 0 Å². The van der Waals surface area contributed by atoms with Gasteiger partial charge in [0.25, 0.3) is 5.91 Å². The Hall–Kier alpha value is -2.41. The number of hydrogen-bond donors (Lipinski definition) is 1. The second-order valence-electron chi connectivity index (χ2n) is 4.69. The molecule has 0 fully saturated rings. The molecule has 2 rings (SSSR count). The highest BCUT2D eigenvalue weighted by Gasteiger charge is 2.12. The van der Waals surface area contributed by atoms with E-state index in [-0.39, 0.29) is 5.56 Å². The van der Waals surface area contributed by atoms with Gasteiger partial charge in [0, 0.05) is 28.5 Å². The SMILES string of the molecule is COC(=O)N(C)c1ccc(NC(=O)c2cc(F)cc(Br)c2)cc1. The van der Waals surface area contributed by atoms with Crippen LogP contribution in [0.15, 0.2) is 46.9 Å². The molecule has 5 nitrogen and oxygen atoms in total. The molecule has 1 N–H and O–H groups in total. The monoisotopic (exact) mass is 380 g/mol. The van der Waals surface area contributed by atoms with E-state index >= 15 is 0 Å². The van der Waals surface area contributed by atoms with E-state index in [4.69, 9.17) is 0 Å². The van der Waals surface area contributed by atoms with Gasteiger partial charge in [-0.2, -0.15) is 0 Å². The van der Waals surface area contributed by atoms with Crippen molar-refractivity contribution in [2.45, 2.75) is 0 Å². The van der Waals surface area contributed by atoms with Crippen molar-refractivity contribution in [3.05, 3.63) is 58.3 Å². The number of nitrogens with zero attached hydrogens (tertiary/aromatic N) is 1. The summed E-state index contributed by atoms with van der Waals surface area (Å²) >= 11 is 3.14. The van der Waals surface area contributed by atoms with Crippen LogP contribution in [0, 0.1) is 5.82 Å². The maximum absolute atomic E-state index is 13.3. The number of hydrogen-bond acceptors (Lipinski definition) is 3. The van der Waals surface area contributed by atoms with Gasteiger partial charge in [0.05, 0.1) is 7.11 Å². The van der Waals surface area contributed by atoms with Gasteiger partial charge in [0.1, 0.15) is 5.82 Å². The minimum atomic E-state index is -0.500. The zero-order valence-corrected chi connectivity index (χ0v) is 14.1. The van der Waals surface area contributed by atoms with E-state index in [0.29, 0.717) is 15.8 Å². The third-order valence-electron chi connectivity index (χ3n) is 3.09. The Morgan fingerprint density at radius 3 is 2.39 bits per heavy atom. The van der Waals surface area contributed by atoms with E-state index in [1.54, 1.807) is 31.3 Å². The van der Waals surface area contributed by atoms with Crippen LogP contribution >= 0.6 is 15.9 Å². The molecule has 0 aliphatic rings. The molecular formula is C16H14BrFN2O3. The Kier molecular flexibility index (Phi) is 5.33. The number of carbonyl (C=O) groups excluding carboxylic acids is 2. The average Bonchev–Trinajstić information content (AvgIpc) is 2.53. The smallest absolute Gasteiger partial charge is 0.413 e. The van der Waals surface area contributed by atoms with Gasteiger partial charge in [-0.25, -0.2) is 9.18 Å². The predicted octanol–water partition coefficient (Wildman–Crippen LogP) is 4.04. The minimum Gasteiger partial charge on any atom is -0.452 e. The Bertz CT molecular complexity index is 714. The zero-order chi connectivity index (χ0) is 17.0. The summed E-state index contributed by atoms with van der Waals surface area (Å²) in [7, 11) is 2.87. The van der Waals surface area contributed by atoms with Gasteiger partial charge in [0.15, 0.2) is 0 Å². The van der Waals surface area contributed by atoms with Crippen LogP contribution < -0.4 is 10.2 Å². The standard InChI is InChI=1S/C16H14BrFN2O3/c1-20(16(22)23-2)14-5-3-13(4-6-14)19-15(21)10-7-11(17)9-12(18)8-10/h3-9H,1-2H3,(H,19,21). The summed E-state index contributed by atoms with van der Waals surface area (Å²) in [5.41, 5.74) is 1.34. The fourth-order valence-corrected chi connectivity index (χ4v) is 2.36. The second kappa shape index (κ2) is 7.23. The Morgan fingerprint density at radius 1 is 1.17 bits per heavy atom. The van der Waals surface area contributed by atoms with E-state index in [1.165, 1.54) is 24.1 Å². The number of nitrogens with one attached hydrogen (secondary N) is 1. The van der Waals surface area contributed by atoms with Gasteiger partial charge in [-0.15, -0.1) is 0 Å². The molecule has 0 heterocycles. The molecule has 2 aromatic carbocycles. The summed E-state index contributed by atoms with van der Waals surface area (Å²) in [4.78, 5) is 24.9. The van der Waals surface area contributed by atoms with Gasteiger partial charge in [0.2, 0.25) is 0 Å². The lowest BCUT2D eigenvalue weighted by molar-refractivity contribution is 0.102. The lowest BCUT2D eigenvalue weighted by Crippen LogP contribution is -2.25. The van der Waals surface area contributed by atoms with Crippen LogP contribution in [0.2, 0.25) is 0 Å². The molecule has 23 heavy (non-hydrogen) atoms. The molecule has 0 aliphatic carbocycles. The Labute approximate surface area is 141 Å². The van der Waals surface area contributed by atoms with Gasteiger partial charge >= 0.3 is 6.09 Å². The van der Waals surface area contributed by atoms with Gasteiger partial charge in [-0.3, -0.25) is 9.69 Å². The fraction of sp³-hybridized carbons (Fsp3) is 0.125. The van der Waals surface area contributed by atoms with Crippen LogP contribution in [0.1, 0.15) is 10.4 Å². The topological polar surface area (TPSA) is 58.6 Å². The molecular weight excluding hydrogens is 367 g/mol. The highest BCUT2D eigenvalue weighted by atomic mass is 79.9. The van der Waals surface area contributed by atoms with Gasteiger partial charge in [-0.05, 0) is 42.5 Å². The summed E-state index contributed by atoms with van der Waals surface area (Å²) in [6, 6.07) is 10.6. The molecule has 2 amide bonds. The van der Waals surface area contributed by atoms with E-state index < -0.39 is 17.8 Å². The molecule has 0 spiro atoms. The highest BCUT2D eigenvalue weighted by molar-refractivity contribution is 9.10. The molecule has 0 atom stereocenters. The average molecular weight is 381 g/mol. The van der Waals surface area contributed by atoms with Gasteiger partial charge in [-0.1, -0.05) is 15.9 Å². The maximum Gasteiger partial charge on any atom is 0.413 e. The molecule has 0 aromatic heterocycles. The lowest BCUT2D eigenvalue weighted by Gasteiger charge is -2.16. The zero-order valence-electron chi connectivity index (χ0n) is 12.5. The van der Waals surface area contributed by atoms with Crippen molar-refractivity contribution in [3.63, 3.8) is 0 Å². The molecule has 0 bridgehead atoms. The number of rotatable bonds is 3. The summed E-state index contributed by atoms with van der Waals surface area (Å²) < 4.78 is 18.4. The van der Waals surface area contributed by atoms with Crippen molar-refractivity contribution in [2.24, 2.45) is 0 Å². The molecule has 0 unspecified atom stereocenters. The summed E-state index contributed by atoms with van der Waals surface area (Å²) in [6.45, 7) is 0. The van der Waals surface area contributed by atoms with E-state index in [0.717, 1.165) is 6.07 Å². The van der Waals surface area contributed by atoms with Crippen LogP contribution in [0.5, 0.6) is 0 Å². The first kappa shape index (κ1) is 17.0. The van der Waals surface area contributed by atoms with Crippen molar-refractivity contribution in [1.29, 1.82) is 0 Å². The van der Waals surface area contributed by atoms with Crippen molar-refractivity contribution in [1.82, 2.24) is 0 Å². The van der Waals surface area contributed by atoms with E-state index in [2.05, 4.69) is 26.0 Å². The molecule has 0 radical (unpaired) electrons. The van der Waals surface area contributed by atoms with Crippen molar-refractivity contribution >= 4 is 39.3 Å². The quantitative estimate of drug-likeness (QED) is 0.873. The van der Waals surface area contributed by atoms with Gasteiger partial charge < -0.3 is 10.1 Å². The molecule has 0 saturated heterocycles. The number of amides is 2. The normalized spacial score (nSPS) is 10.1. The first-order chi connectivity index (χ1) is 10.9. The van der Waals surface area contributed by atoms with Crippen molar-refractivity contribution < 1.29 is 18.7 Å². The Balaban J connectivity index is 2.11. The molecule has 2 aromatic rings. The van der Waals surface area contributed by atoms with Crippen LogP contribution in [0.3, 0.4) is 0 Å². The largest absolute Gasteiger partial charge is 0.452 e. The second-order valence-corrected chi connectivity index (χ2v) is 5.60.